The summed E-state index contributed by atoms with van der Waals surface area (Å²) in [5.41, 5.74) is 6.50. The Kier molecular flexibility index (Phi) is 4.65. The highest BCUT2D eigenvalue weighted by Crippen LogP contribution is 2.25. The molecule has 0 aliphatic heterocycles. The standard InChI is InChI=1S/C14H14BrFN2O2S/c1-18(9-10-3-2-4-12(16)7-10)21(19,20)14-6-5-11(15)8-13(14)17/h2-8H,9,17H2,1H3. The van der Waals surface area contributed by atoms with Crippen LogP contribution in [0.2, 0.25) is 0 Å². The number of nitrogens with zero attached hydrogens (tertiary/aromatic N) is 1. The van der Waals surface area contributed by atoms with E-state index in [1.165, 1.54) is 31.3 Å². The van der Waals surface area contributed by atoms with Gasteiger partial charge < -0.3 is 5.73 Å². The molecule has 0 aliphatic rings. The molecule has 0 heterocycles. The zero-order chi connectivity index (χ0) is 15.6. The van der Waals surface area contributed by atoms with Crippen molar-refractivity contribution in [3.05, 3.63) is 58.3 Å². The molecule has 2 aromatic carbocycles. The zero-order valence-corrected chi connectivity index (χ0v) is 13.7. The van der Waals surface area contributed by atoms with Crippen LogP contribution in [0.1, 0.15) is 5.56 Å². The molecule has 0 saturated carbocycles. The van der Waals surface area contributed by atoms with Crippen molar-refractivity contribution in [3.8, 4) is 0 Å². The van der Waals surface area contributed by atoms with E-state index in [-0.39, 0.29) is 17.1 Å². The molecule has 0 bridgehead atoms. The van der Waals surface area contributed by atoms with E-state index in [2.05, 4.69) is 15.9 Å². The lowest BCUT2D eigenvalue weighted by Gasteiger charge is -2.18. The number of benzene rings is 2. The molecule has 0 fully saturated rings. The summed E-state index contributed by atoms with van der Waals surface area (Å²) < 4.78 is 40.0. The number of nitrogen functional groups attached to an aromatic ring is 1. The number of hydrogen-bond donors (Lipinski definition) is 1. The van der Waals surface area contributed by atoms with Crippen LogP contribution in [0.15, 0.2) is 51.8 Å². The monoisotopic (exact) mass is 372 g/mol. The zero-order valence-electron chi connectivity index (χ0n) is 11.3. The average molecular weight is 373 g/mol. The number of rotatable bonds is 4. The molecule has 2 aromatic rings. The van der Waals surface area contributed by atoms with Gasteiger partial charge in [0, 0.05) is 18.1 Å². The molecule has 0 saturated heterocycles. The first-order valence-electron chi connectivity index (χ1n) is 6.06. The van der Waals surface area contributed by atoms with Crippen molar-refractivity contribution in [2.75, 3.05) is 12.8 Å². The normalized spacial score (nSPS) is 11.8. The molecule has 0 aliphatic carbocycles. The topological polar surface area (TPSA) is 63.4 Å². The van der Waals surface area contributed by atoms with Crippen molar-refractivity contribution in [2.45, 2.75) is 11.4 Å². The van der Waals surface area contributed by atoms with Gasteiger partial charge in [-0.15, -0.1) is 0 Å². The van der Waals surface area contributed by atoms with Crippen molar-refractivity contribution in [2.24, 2.45) is 0 Å². The Morgan fingerprint density at radius 1 is 1.24 bits per heavy atom. The Bertz CT molecular complexity index is 765. The third kappa shape index (κ3) is 3.61. The second kappa shape index (κ2) is 6.13. The first-order valence-corrected chi connectivity index (χ1v) is 8.30. The van der Waals surface area contributed by atoms with Crippen LogP contribution >= 0.6 is 15.9 Å². The number of nitrogens with two attached hydrogens (primary N) is 1. The molecule has 2 rings (SSSR count). The van der Waals surface area contributed by atoms with Crippen molar-refractivity contribution in [3.63, 3.8) is 0 Å². The Hall–Kier alpha value is -1.44. The lowest BCUT2D eigenvalue weighted by Crippen LogP contribution is -2.27. The summed E-state index contributed by atoms with van der Waals surface area (Å²) in [6, 6.07) is 10.4. The second-order valence-corrected chi connectivity index (χ2v) is 7.50. The van der Waals surface area contributed by atoms with Gasteiger partial charge in [-0.2, -0.15) is 4.31 Å². The van der Waals surface area contributed by atoms with Gasteiger partial charge in [0.2, 0.25) is 10.0 Å². The highest BCUT2D eigenvalue weighted by atomic mass is 79.9. The molecule has 4 nitrogen and oxygen atoms in total. The van der Waals surface area contributed by atoms with Gasteiger partial charge in [0.25, 0.3) is 0 Å². The van der Waals surface area contributed by atoms with Crippen molar-refractivity contribution in [1.29, 1.82) is 0 Å². The smallest absolute Gasteiger partial charge is 0.245 e. The third-order valence-corrected chi connectivity index (χ3v) is 5.32. The van der Waals surface area contributed by atoms with Crippen LogP contribution in [0.4, 0.5) is 10.1 Å². The van der Waals surface area contributed by atoms with Gasteiger partial charge in [0.1, 0.15) is 10.7 Å². The third-order valence-electron chi connectivity index (χ3n) is 2.95. The summed E-state index contributed by atoms with van der Waals surface area (Å²) in [6.45, 7) is 0.0651. The van der Waals surface area contributed by atoms with E-state index in [0.717, 1.165) is 4.31 Å². The number of anilines is 1. The molecule has 0 atom stereocenters. The fourth-order valence-electron chi connectivity index (χ4n) is 1.90. The van der Waals surface area contributed by atoms with Crippen LogP contribution in [0.5, 0.6) is 0 Å². The van der Waals surface area contributed by atoms with E-state index >= 15 is 0 Å². The van der Waals surface area contributed by atoms with E-state index in [1.54, 1.807) is 18.2 Å². The quantitative estimate of drug-likeness (QED) is 0.839. The summed E-state index contributed by atoms with van der Waals surface area (Å²) in [7, 11) is -2.30. The highest BCUT2D eigenvalue weighted by molar-refractivity contribution is 9.10. The van der Waals surface area contributed by atoms with E-state index in [4.69, 9.17) is 5.73 Å². The lowest BCUT2D eigenvalue weighted by atomic mass is 10.2. The van der Waals surface area contributed by atoms with Gasteiger partial charge in [-0.3, -0.25) is 0 Å². The van der Waals surface area contributed by atoms with Crippen LogP contribution in [-0.2, 0) is 16.6 Å². The summed E-state index contributed by atoms with van der Waals surface area (Å²) in [5.74, 6) is -0.401. The van der Waals surface area contributed by atoms with Gasteiger partial charge in [-0.05, 0) is 35.9 Å². The Morgan fingerprint density at radius 3 is 2.57 bits per heavy atom. The molecule has 0 amide bonds. The second-order valence-electron chi connectivity index (χ2n) is 4.57. The first kappa shape index (κ1) is 15.9. The van der Waals surface area contributed by atoms with Crippen molar-refractivity contribution in [1.82, 2.24) is 4.31 Å². The molecule has 0 aromatic heterocycles. The predicted molar refractivity (Wildman–Crippen MR) is 83.6 cm³/mol. The summed E-state index contributed by atoms with van der Waals surface area (Å²) in [4.78, 5) is 0.0320. The molecule has 0 unspecified atom stereocenters. The van der Waals surface area contributed by atoms with Crippen LogP contribution < -0.4 is 5.73 Å². The minimum atomic E-state index is -3.73. The average Bonchev–Trinajstić information content (AvgIpc) is 2.38. The molecule has 21 heavy (non-hydrogen) atoms. The molecule has 2 N–H and O–H groups in total. The molecule has 7 heteroatoms. The minimum absolute atomic E-state index is 0.0320. The van der Waals surface area contributed by atoms with Gasteiger partial charge in [0.05, 0.1) is 5.69 Å². The molecule has 112 valence electrons. The van der Waals surface area contributed by atoms with Gasteiger partial charge in [-0.25, -0.2) is 12.8 Å². The minimum Gasteiger partial charge on any atom is -0.398 e. The predicted octanol–water partition coefficient (Wildman–Crippen LogP) is 2.99. The summed E-state index contributed by atoms with van der Waals surface area (Å²) in [6.07, 6.45) is 0. The van der Waals surface area contributed by atoms with Gasteiger partial charge in [0.15, 0.2) is 0 Å². The van der Waals surface area contributed by atoms with Crippen LogP contribution in [-0.4, -0.2) is 19.8 Å². The molecular weight excluding hydrogens is 359 g/mol. The summed E-state index contributed by atoms with van der Waals surface area (Å²) >= 11 is 3.23. The van der Waals surface area contributed by atoms with E-state index < -0.39 is 15.8 Å². The SMILES string of the molecule is CN(Cc1cccc(F)c1)S(=O)(=O)c1ccc(Br)cc1N. The van der Waals surface area contributed by atoms with E-state index in [9.17, 15) is 12.8 Å². The highest BCUT2D eigenvalue weighted by Gasteiger charge is 2.23. The van der Waals surface area contributed by atoms with Crippen LogP contribution in [0, 0.1) is 5.82 Å². The maximum absolute atomic E-state index is 13.2. The Morgan fingerprint density at radius 2 is 1.95 bits per heavy atom. The number of hydrogen-bond acceptors (Lipinski definition) is 3. The van der Waals surface area contributed by atoms with Crippen molar-refractivity contribution < 1.29 is 12.8 Å². The van der Waals surface area contributed by atoms with E-state index in [0.29, 0.717) is 10.0 Å². The first-order chi connectivity index (χ1) is 9.80. The lowest BCUT2D eigenvalue weighted by molar-refractivity contribution is 0.466. The van der Waals surface area contributed by atoms with E-state index in [1.807, 2.05) is 0 Å². The maximum atomic E-state index is 13.2. The largest absolute Gasteiger partial charge is 0.398 e. The fourth-order valence-corrected chi connectivity index (χ4v) is 3.53. The van der Waals surface area contributed by atoms with Crippen LogP contribution in [0.25, 0.3) is 0 Å². The Labute approximate surface area is 131 Å². The molecular formula is C14H14BrFN2O2S. The maximum Gasteiger partial charge on any atom is 0.245 e. The van der Waals surface area contributed by atoms with Gasteiger partial charge in [-0.1, -0.05) is 28.1 Å². The fraction of sp³-hybridized carbons (Fsp3) is 0.143. The number of sulfonamides is 1. The van der Waals surface area contributed by atoms with Gasteiger partial charge >= 0.3 is 0 Å². The Balaban J connectivity index is 2.30. The van der Waals surface area contributed by atoms with Crippen molar-refractivity contribution >= 4 is 31.6 Å². The summed E-state index contributed by atoms with van der Waals surface area (Å²) in [5, 5.41) is 0. The van der Waals surface area contributed by atoms with Crippen LogP contribution in [0.3, 0.4) is 0 Å². The molecule has 0 radical (unpaired) electrons. The number of halogens is 2. The molecule has 0 spiro atoms.